The molecule has 0 saturated heterocycles. The molecule has 2 aromatic rings. The number of aliphatic hydroxyl groups excluding tert-OH is 1. The van der Waals surface area contributed by atoms with Crippen molar-refractivity contribution in [3.8, 4) is 17.2 Å². The number of hydrogen-bond acceptors (Lipinski definition) is 7. The highest BCUT2D eigenvalue weighted by molar-refractivity contribution is 5.90. The summed E-state index contributed by atoms with van der Waals surface area (Å²) < 4.78 is 20.8. The van der Waals surface area contributed by atoms with Gasteiger partial charge >= 0.3 is 5.97 Å². The van der Waals surface area contributed by atoms with Crippen molar-refractivity contribution in [2.45, 2.75) is 12.6 Å². The van der Waals surface area contributed by atoms with Gasteiger partial charge in [0.15, 0.2) is 11.5 Å². The summed E-state index contributed by atoms with van der Waals surface area (Å²) >= 11 is 0. The molecule has 2 aromatic carbocycles. The Labute approximate surface area is 165 Å². The van der Waals surface area contributed by atoms with E-state index in [0.717, 1.165) is 11.3 Å². The van der Waals surface area contributed by atoms with Gasteiger partial charge in [0.1, 0.15) is 18.5 Å². The van der Waals surface area contributed by atoms with Gasteiger partial charge in [0.05, 0.1) is 26.9 Å². The summed E-state index contributed by atoms with van der Waals surface area (Å²) in [7, 11) is 6.37. The molecule has 0 fully saturated rings. The average molecular weight is 389 g/mol. The van der Waals surface area contributed by atoms with Crippen molar-refractivity contribution in [3.05, 3.63) is 53.6 Å². The van der Waals surface area contributed by atoms with Gasteiger partial charge in [-0.3, -0.25) is 4.90 Å². The number of benzene rings is 2. The van der Waals surface area contributed by atoms with Crippen LogP contribution < -0.4 is 14.2 Å². The van der Waals surface area contributed by atoms with E-state index in [1.54, 1.807) is 25.3 Å². The molecule has 0 aromatic heterocycles. The van der Waals surface area contributed by atoms with Crippen LogP contribution in [0.1, 0.15) is 15.9 Å². The first kappa shape index (κ1) is 21.5. The van der Waals surface area contributed by atoms with Crippen LogP contribution in [0.4, 0.5) is 0 Å². The summed E-state index contributed by atoms with van der Waals surface area (Å²) in [5.41, 5.74) is 1.49. The molecule has 2 rings (SSSR count). The lowest BCUT2D eigenvalue weighted by atomic mass is 10.2. The second-order valence-corrected chi connectivity index (χ2v) is 6.37. The largest absolute Gasteiger partial charge is 0.497 e. The summed E-state index contributed by atoms with van der Waals surface area (Å²) in [5.74, 6) is 1.21. The highest BCUT2D eigenvalue weighted by atomic mass is 16.5. The molecular formula is C21H27NO6. The van der Waals surface area contributed by atoms with Crippen LogP contribution >= 0.6 is 0 Å². The minimum atomic E-state index is -0.687. The zero-order chi connectivity index (χ0) is 20.5. The zero-order valence-electron chi connectivity index (χ0n) is 16.7. The Morgan fingerprint density at radius 1 is 1.04 bits per heavy atom. The number of likely N-dealkylation sites (N-methyl/N-ethyl adjacent to an activating group) is 1. The smallest absolute Gasteiger partial charge is 0.337 e. The van der Waals surface area contributed by atoms with Crippen molar-refractivity contribution in [1.82, 2.24) is 4.90 Å². The lowest BCUT2D eigenvalue weighted by molar-refractivity contribution is 0.0599. The molecule has 1 atom stereocenters. The van der Waals surface area contributed by atoms with Gasteiger partial charge in [0.2, 0.25) is 0 Å². The quantitative estimate of drug-likeness (QED) is 0.625. The Morgan fingerprint density at radius 2 is 1.75 bits per heavy atom. The van der Waals surface area contributed by atoms with Gasteiger partial charge < -0.3 is 24.1 Å². The van der Waals surface area contributed by atoms with Gasteiger partial charge in [0, 0.05) is 13.1 Å². The van der Waals surface area contributed by atoms with E-state index in [4.69, 9.17) is 18.9 Å². The molecule has 1 N–H and O–H groups in total. The van der Waals surface area contributed by atoms with E-state index < -0.39 is 12.1 Å². The standard InChI is InChI=1S/C21H27NO6/c1-22(12-15-5-8-18(25-2)9-6-15)13-17(23)14-28-19-10-7-16(21(24)27-4)11-20(19)26-3/h5-11,17,23H,12-14H2,1-4H3. The summed E-state index contributed by atoms with van der Waals surface area (Å²) in [4.78, 5) is 13.6. The van der Waals surface area contributed by atoms with Gasteiger partial charge in [-0.15, -0.1) is 0 Å². The fraction of sp³-hybridized carbons (Fsp3) is 0.381. The molecule has 0 saturated carbocycles. The van der Waals surface area contributed by atoms with E-state index in [-0.39, 0.29) is 6.61 Å². The first-order valence-corrected chi connectivity index (χ1v) is 8.85. The lowest BCUT2D eigenvalue weighted by Crippen LogP contribution is -2.32. The SMILES string of the molecule is COC(=O)c1ccc(OCC(O)CN(C)Cc2ccc(OC)cc2)c(OC)c1. The second-order valence-electron chi connectivity index (χ2n) is 6.37. The molecule has 7 nitrogen and oxygen atoms in total. The molecule has 0 radical (unpaired) electrons. The molecule has 0 aliphatic heterocycles. The second kappa shape index (κ2) is 10.5. The number of rotatable bonds is 10. The number of esters is 1. The number of ether oxygens (including phenoxy) is 4. The van der Waals surface area contributed by atoms with Gasteiger partial charge in [-0.1, -0.05) is 12.1 Å². The fourth-order valence-electron chi connectivity index (χ4n) is 2.74. The molecule has 0 heterocycles. The van der Waals surface area contributed by atoms with Crippen LogP contribution in [-0.4, -0.2) is 63.6 Å². The Kier molecular flexibility index (Phi) is 8.10. The lowest BCUT2D eigenvalue weighted by Gasteiger charge is -2.21. The van der Waals surface area contributed by atoms with E-state index in [1.807, 2.05) is 36.2 Å². The monoisotopic (exact) mass is 389 g/mol. The van der Waals surface area contributed by atoms with Crippen LogP contribution in [0.25, 0.3) is 0 Å². The maximum Gasteiger partial charge on any atom is 0.337 e. The minimum Gasteiger partial charge on any atom is -0.497 e. The van der Waals surface area contributed by atoms with E-state index in [0.29, 0.717) is 30.2 Å². The van der Waals surface area contributed by atoms with Crippen LogP contribution in [0.3, 0.4) is 0 Å². The Bertz CT molecular complexity index is 762. The third-order valence-corrected chi connectivity index (χ3v) is 4.15. The predicted octanol–water partition coefficient (Wildman–Crippen LogP) is 2.36. The Morgan fingerprint density at radius 3 is 2.36 bits per heavy atom. The number of carbonyl (C=O) groups excluding carboxylic acids is 1. The van der Waals surface area contributed by atoms with E-state index in [1.165, 1.54) is 14.2 Å². The summed E-state index contributed by atoms with van der Waals surface area (Å²) in [6.45, 7) is 1.23. The summed E-state index contributed by atoms with van der Waals surface area (Å²) in [6, 6.07) is 12.6. The Balaban J connectivity index is 1.87. The molecule has 28 heavy (non-hydrogen) atoms. The number of nitrogens with zero attached hydrogens (tertiary/aromatic N) is 1. The van der Waals surface area contributed by atoms with E-state index in [9.17, 15) is 9.90 Å². The van der Waals surface area contributed by atoms with Crippen LogP contribution in [0, 0.1) is 0 Å². The highest BCUT2D eigenvalue weighted by Gasteiger charge is 2.14. The first-order valence-electron chi connectivity index (χ1n) is 8.85. The van der Waals surface area contributed by atoms with Gasteiger partial charge in [-0.25, -0.2) is 4.79 Å². The summed E-state index contributed by atoms with van der Waals surface area (Å²) in [6.07, 6.45) is -0.687. The molecule has 152 valence electrons. The van der Waals surface area contributed by atoms with Crippen LogP contribution in [0.15, 0.2) is 42.5 Å². The van der Waals surface area contributed by atoms with Crippen LogP contribution in [0.2, 0.25) is 0 Å². The van der Waals surface area contributed by atoms with Crippen molar-refractivity contribution in [2.75, 3.05) is 41.5 Å². The molecule has 0 spiro atoms. The predicted molar refractivity (Wildman–Crippen MR) is 105 cm³/mol. The van der Waals surface area contributed by atoms with Crippen molar-refractivity contribution in [3.63, 3.8) is 0 Å². The number of aliphatic hydroxyl groups is 1. The fourth-order valence-corrected chi connectivity index (χ4v) is 2.74. The minimum absolute atomic E-state index is 0.0981. The number of carbonyl (C=O) groups is 1. The molecule has 7 heteroatoms. The van der Waals surface area contributed by atoms with Crippen molar-refractivity contribution in [1.29, 1.82) is 0 Å². The maximum absolute atomic E-state index is 11.6. The molecular weight excluding hydrogens is 362 g/mol. The van der Waals surface area contributed by atoms with Gasteiger partial charge in [-0.2, -0.15) is 0 Å². The molecule has 0 aliphatic rings. The Hall–Kier alpha value is -2.77. The first-order chi connectivity index (χ1) is 13.5. The zero-order valence-corrected chi connectivity index (χ0v) is 16.7. The third-order valence-electron chi connectivity index (χ3n) is 4.15. The van der Waals surface area contributed by atoms with Crippen LogP contribution in [0.5, 0.6) is 17.2 Å². The van der Waals surface area contributed by atoms with E-state index >= 15 is 0 Å². The molecule has 0 bridgehead atoms. The highest BCUT2D eigenvalue weighted by Crippen LogP contribution is 2.28. The third kappa shape index (κ3) is 6.14. The topological polar surface area (TPSA) is 77.5 Å². The van der Waals surface area contributed by atoms with Crippen LogP contribution in [-0.2, 0) is 11.3 Å². The van der Waals surface area contributed by atoms with Gasteiger partial charge in [-0.05, 0) is 42.9 Å². The van der Waals surface area contributed by atoms with Crippen molar-refractivity contribution in [2.24, 2.45) is 0 Å². The van der Waals surface area contributed by atoms with E-state index in [2.05, 4.69) is 0 Å². The molecule has 1 unspecified atom stereocenters. The number of hydrogen-bond donors (Lipinski definition) is 1. The average Bonchev–Trinajstić information content (AvgIpc) is 2.71. The number of methoxy groups -OCH3 is 3. The normalized spacial score (nSPS) is 11.8. The van der Waals surface area contributed by atoms with Crippen molar-refractivity contribution >= 4 is 5.97 Å². The molecule has 0 amide bonds. The summed E-state index contributed by atoms with van der Waals surface area (Å²) in [5, 5.41) is 10.3. The maximum atomic E-state index is 11.6. The van der Waals surface area contributed by atoms with Crippen molar-refractivity contribution < 1.29 is 28.8 Å². The van der Waals surface area contributed by atoms with Gasteiger partial charge in [0.25, 0.3) is 0 Å². The molecule has 0 aliphatic carbocycles.